The minimum atomic E-state index is 0.445. The van der Waals surface area contributed by atoms with Gasteiger partial charge in [-0.2, -0.15) is 0 Å². The number of fused-ring (bicyclic) bond motifs is 1. The molecule has 20 heavy (non-hydrogen) atoms. The first-order valence-corrected chi connectivity index (χ1v) is 7.55. The lowest BCUT2D eigenvalue weighted by Crippen LogP contribution is -2.43. The second kappa shape index (κ2) is 5.54. The van der Waals surface area contributed by atoms with Crippen LogP contribution in [-0.4, -0.2) is 40.6 Å². The molecule has 0 radical (unpaired) electrons. The minimum Gasteiger partial charge on any atom is -0.324 e. The molecule has 0 spiro atoms. The highest BCUT2D eigenvalue weighted by atomic mass is 15.2. The maximum Gasteiger partial charge on any atom is 0.124 e. The van der Waals surface area contributed by atoms with Gasteiger partial charge in [0.2, 0.25) is 0 Å². The number of hydrogen-bond donors (Lipinski definition) is 1. The SMILES string of the molecule is Cc1ccc2c(c1)nc(CN1CCNCC1)n2C(C)C. The average Bonchev–Trinajstić information content (AvgIpc) is 2.76. The van der Waals surface area contributed by atoms with E-state index >= 15 is 0 Å². The molecule has 4 nitrogen and oxygen atoms in total. The summed E-state index contributed by atoms with van der Waals surface area (Å²) in [5, 5.41) is 3.40. The van der Waals surface area contributed by atoms with Gasteiger partial charge in [0.05, 0.1) is 17.6 Å². The van der Waals surface area contributed by atoms with Gasteiger partial charge in [-0.25, -0.2) is 4.98 Å². The van der Waals surface area contributed by atoms with Crippen molar-refractivity contribution >= 4 is 11.0 Å². The summed E-state index contributed by atoms with van der Waals surface area (Å²) in [7, 11) is 0. The van der Waals surface area contributed by atoms with Crippen molar-refractivity contribution in [3.63, 3.8) is 0 Å². The molecule has 0 saturated carbocycles. The normalized spacial score (nSPS) is 17.2. The van der Waals surface area contributed by atoms with Gasteiger partial charge in [-0.3, -0.25) is 4.90 Å². The lowest BCUT2D eigenvalue weighted by Gasteiger charge is -2.27. The van der Waals surface area contributed by atoms with Crippen molar-refractivity contribution in [2.24, 2.45) is 0 Å². The molecule has 1 N–H and O–H groups in total. The molecular weight excluding hydrogens is 248 g/mol. The Balaban J connectivity index is 1.97. The summed E-state index contributed by atoms with van der Waals surface area (Å²) < 4.78 is 2.39. The third kappa shape index (κ3) is 2.58. The van der Waals surface area contributed by atoms with E-state index in [0.717, 1.165) is 38.2 Å². The maximum atomic E-state index is 4.89. The van der Waals surface area contributed by atoms with Crippen molar-refractivity contribution in [3.05, 3.63) is 29.6 Å². The summed E-state index contributed by atoms with van der Waals surface area (Å²) in [6, 6.07) is 7.02. The van der Waals surface area contributed by atoms with Gasteiger partial charge in [0, 0.05) is 32.2 Å². The highest BCUT2D eigenvalue weighted by Crippen LogP contribution is 2.23. The van der Waals surface area contributed by atoms with Crippen LogP contribution in [0.1, 0.15) is 31.3 Å². The molecule has 108 valence electrons. The van der Waals surface area contributed by atoms with Crippen molar-refractivity contribution in [1.82, 2.24) is 19.8 Å². The van der Waals surface area contributed by atoms with Crippen molar-refractivity contribution in [2.45, 2.75) is 33.4 Å². The van der Waals surface area contributed by atoms with E-state index in [2.05, 4.69) is 53.8 Å². The van der Waals surface area contributed by atoms with Crippen LogP contribution in [-0.2, 0) is 6.54 Å². The van der Waals surface area contributed by atoms with Gasteiger partial charge in [-0.05, 0) is 38.5 Å². The van der Waals surface area contributed by atoms with Crippen LogP contribution in [0.25, 0.3) is 11.0 Å². The smallest absolute Gasteiger partial charge is 0.124 e. The molecule has 1 aromatic carbocycles. The van der Waals surface area contributed by atoms with Crippen LogP contribution in [0.4, 0.5) is 0 Å². The zero-order valence-corrected chi connectivity index (χ0v) is 12.7. The zero-order valence-electron chi connectivity index (χ0n) is 12.7. The standard InChI is InChI=1S/C16H24N4/c1-12(2)20-15-5-4-13(3)10-14(15)18-16(20)11-19-8-6-17-7-9-19/h4-5,10,12,17H,6-9,11H2,1-3H3. The van der Waals surface area contributed by atoms with Crippen LogP contribution < -0.4 is 5.32 Å². The third-order valence-electron chi connectivity index (χ3n) is 4.01. The van der Waals surface area contributed by atoms with Crippen LogP contribution in [0.2, 0.25) is 0 Å². The largest absolute Gasteiger partial charge is 0.324 e. The van der Waals surface area contributed by atoms with Gasteiger partial charge < -0.3 is 9.88 Å². The van der Waals surface area contributed by atoms with Crippen LogP contribution in [0.3, 0.4) is 0 Å². The summed E-state index contributed by atoms with van der Waals surface area (Å²) in [5.41, 5.74) is 3.67. The van der Waals surface area contributed by atoms with Gasteiger partial charge in [-0.1, -0.05) is 6.07 Å². The topological polar surface area (TPSA) is 33.1 Å². The van der Waals surface area contributed by atoms with E-state index in [0.29, 0.717) is 6.04 Å². The molecule has 3 rings (SSSR count). The number of imidazole rings is 1. The van der Waals surface area contributed by atoms with E-state index < -0.39 is 0 Å². The number of nitrogens with one attached hydrogen (secondary N) is 1. The van der Waals surface area contributed by atoms with E-state index in [9.17, 15) is 0 Å². The molecule has 1 fully saturated rings. The molecule has 0 amide bonds. The van der Waals surface area contributed by atoms with E-state index in [-0.39, 0.29) is 0 Å². The first-order valence-electron chi connectivity index (χ1n) is 7.55. The number of nitrogens with zero attached hydrogens (tertiary/aromatic N) is 3. The van der Waals surface area contributed by atoms with Crippen molar-refractivity contribution in [2.75, 3.05) is 26.2 Å². The summed E-state index contributed by atoms with van der Waals surface area (Å²) in [4.78, 5) is 7.38. The van der Waals surface area contributed by atoms with Crippen LogP contribution >= 0.6 is 0 Å². The summed E-state index contributed by atoms with van der Waals surface area (Å²) in [5.74, 6) is 1.20. The van der Waals surface area contributed by atoms with Gasteiger partial charge in [-0.15, -0.1) is 0 Å². The van der Waals surface area contributed by atoms with Crippen LogP contribution in [0.15, 0.2) is 18.2 Å². The summed E-state index contributed by atoms with van der Waals surface area (Å²) >= 11 is 0. The lowest BCUT2D eigenvalue weighted by molar-refractivity contribution is 0.224. The van der Waals surface area contributed by atoms with Crippen molar-refractivity contribution in [1.29, 1.82) is 0 Å². The lowest BCUT2D eigenvalue weighted by atomic mass is 10.2. The molecular formula is C16H24N4. The van der Waals surface area contributed by atoms with E-state index in [1.807, 2.05) is 0 Å². The number of benzene rings is 1. The fourth-order valence-electron chi connectivity index (χ4n) is 3.02. The Labute approximate surface area is 120 Å². The number of hydrogen-bond acceptors (Lipinski definition) is 3. The fraction of sp³-hybridized carbons (Fsp3) is 0.562. The van der Waals surface area contributed by atoms with Gasteiger partial charge in [0.1, 0.15) is 5.82 Å². The molecule has 0 bridgehead atoms. The van der Waals surface area contributed by atoms with Crippen LogP contribution in [0, 0.1) is 6.92 Å². The summed E-state index contributed by atoms with van der Waals surface area (Å²) in [6.07, 6.45) is 0. The highest BCUT2D eigenvalue weighted by Gasteiger charge is 2.17. The number of piperazine rings is 1. The second-order valence-electron chi connectivity index (χ2n) is 6.01. The predicted octanol–water partition coefficient (Wildman–Crippen LogP) is 2.33. The Morgan fingerprint density at radius 3 is 2.70 bits per heavy atom. The second-order valence-corrected chi connectivity index (χ2v) is 6.01. The Morgan fingerprint density at radius 1 is 1.25 bits per heavy atom. The first kappa shape index (κ1) is 13.6. The predicted molar refractivity (Wildman–Crippen MR) is 83.0 cm³/mol. The quantitative estimate of drug-likeness (QED) is 0.931. The Bertz CT molecular complexity index is 594. The third-order valence-corrected chi connectivity index (χ3v) is 4.01. The van der Waals surface area contributed by atoms with E-state index in [1.165, 1.54) is 16.9 Å². The molecule has 0 atom stereocenters. The summed E-state index contributed by atoms with van der Waals surface area (Å²) in [6.45, 7) is 11.9. The zero-order chi connectivity index (χ0) is 14.1. The monoisotopic (exact) mass is 272 g/mol. The minimum absolute atomic E-state index is 0.445. The Kier molecular flexibility index (Phi) is 3.76. The van der Waals surface area contributed by atoms with Crippen LogP contribution in [0.5, 0.6) is 0 Å². The van der Waals surface area contributed by atoms with Crippen molar-refractivity contribution < 1.29 is 0 Å². The molecule has 2 aromatic rings. The van der Waals surface area contributed by atoms with Gasteiger partial charge in [0.25, 0.3) is 0 Å². The van der Waals surface area contributed by atoms with E-state index in [4.69, 9.17) is 4.98 Å². The number of rotatable bonds is 3. The highest BCUT2D eigenvalue weighted by molar-refractivity contribution is 5.77. The average molecular weight is 272 g/mol. The molecule has 1 saturated heterocycles. The van der Waals surface area contributed by atoms with Crippen molar-refractivity contribution in [3.8, 4) is 0 Å². The molecule has 1 aliphatic rings. The maximum absolute atomic E-state index is 4.89. The number of aryl methyl sites for hydroxylation is 1. The molecule has 0 unspecified atom stereocenters. The van der Waals surface area contributed by atoms with Gasteiger partial charge in [0.15, 0.2) is 0 Å². The molecule has 1 aromatic heterocycles. The molecule has 1 aliphatic heterocycles. The number of aromatic nitrogens is 2. The Morgan fingerprint density at radius 2 is 2.00 bits per heavy atom. The first-order chi connectivity index (χ1) is 9.65. The van der Waals surface area contributed by atoms with Gasteiger partial charge >= 0.3 is 0 Å². The fourth-order valence-corrected chi connectivity index (χ4v) is 3.02. The Hall–Kier alpha value is -1.39. The molecule has 2 heterocycles. The molecule has 0 aliphatic carbocycles. The molecule has 4 heteroatoms. The van der Waals surface area contributed by atoms with E-state index in [1.54, 1.807) is 0 Å².